The zero-order valence-corrected chi connectivity index (χ0v) is 13.4. The predicted molar refractivity (Wildman–Crippen MR) is 81.3 cm³/mol. The fraction of sp³-hybridized carbons (Fsp3) is 0.571. The number of rotatable bonds is 6. The van der Waals surface area contributed by atoms with Crippen LogP contribution in [-0.4, -0.2) is 46.8 Å². The lowest BCUT2D eigenvalue weighted by molar-refractivity contribution is 0.0272. The lowest BCUT2D eigenvalue weighted by Gasteiger charge is -2.26. The van der Waals surface area contributed by atoms with E-state index in [1.165, 1.54) is 0 Å². The van der Waals surface area contributed by atoms with Gasteiger partial charge in [-0.3, -0.25) is 0 Å². The molecule has 0 unspecified atom stereocenters. The Morgan fingerprint density at radius 2 is 1.95 bits per heavy atom. The molecule has 0 amide bonds. The molecule has 1 saturated heterocycles. The van der Waals surface area contributed by atoms with E-state index < -0.39 is 10.0 Å². The predicted octanol–water partition coefficient (Wildman–Crippen LogP) is 0.494. The van der Waals surface area contributed by atoms with Gasteiger partial charge in [-0.2, -0.15) is 0 Å². The van der Waals surface area contributed by atoms with Gasteiger partial charge in [0.2, 0.25) is 0 Å². The molecule has 1 fully saturated rings. The number of morpholine rings is 1. The third-order valence-electron chi connectivity index (χ3n) is 3.50. The molecular formula is C14H23N3O3S. The van der Waals surface area contributed by atoms with Crippen molar-refractivity contribution in [1.82, 2.24) is 15.2 Å². The average molecular weight is 313 g/mol. The quantitative estimate of drug-likeness (QED) is 0.800. The minimum absolute atomic E-state index is 0.302. The van der Waals surface area contributed by atoms with Crippen molar-refractivity contribution >= 4 is 10.0 Å². The maximum atomic E-state index is 12.4. The molecule has 2 rings (SSSR count). The minimum atomic E-state index is -3.53. The fourth-order valence-corrected chi connectivity index (χ4v) is 3.52. The number of sulfonamides is 1. The molecule has 0 aromatic heterocycles. The molecule has 1 aromatic rings. The van der Waals surface area contributed by atoms with Crippen molar-refractivity contribution in [3.63, 3.8) is 0 Å². The average Bonchev–Trinajstić information content (AvgIpc) is 2.48. The van der Waals surface area contributed by atoms with Crippen LogP contribution in [0.2, 0.25) is 0 Å². The number of benzene rings is 1. The second-order valence-corrected chi connectivity index (χ2v) is 6.67. The van der Waals surface area contributed by atoms with Crippen molar-refractivity contribution in [2.75, 3.05) is 33.4 Å². The Bertz CT molecular complexity index is 569. The van der Waals surface area contributed by atoms with Gasteiger partial charge in [-0.05, 0) is 36.7 Å². The molecule has 7 heteroatoms. The Morgan fingerprint density at radius 1 is 1.24 bits per heavy atom. The Balaban J connectivity index is 2.20. The number of hydrazine groups is 1. The maximum Gasteiger partial charge on any atom is 0.253 e. The van der Waals surface area contributed by atoms with Crippen LogP contribution in [0.4, 0.5) is 0 Å². The van der Waals surface area contributed by atoms with Gasteiger partial charge < -0.3 is 10.1 Å². The summed E-state index contributed by atoms with van der Waals surface area (Å²) in [6, 6.07) is 5.30. The molecular weight excluding hydrogens is 290 g/mol. The molecule has 6 nitrogen and oxygen atoms in total. The van der Waals surface area contributed by atoms with Crippen molar-refractivity contribution in [3.8, 4) is 0 Å². The highest BCUT2D eigenvalue weighted by molar-refractivity contribution is 7.89. The highest BCUT2D eigenvalue weighted by atomic mass is 32.2. The molecule has 118 valence electrons. The summed E-state index contributed by atoms with van der Waals surface area (Å²) in [6.45, 7) is 4.94. The third kappa shape index (κ3) is 4.24. The molecule has 1 aliphatic heterocycles. The third-order valence-corrected chi connectivity index (χ3v) is 4.87. The summed E-state index contributed by atoms with van der Waals surface area (Å²) < 4.78 is 30.1. The molecule has 2 N–H and O–H groups in total. The molecule has 0 saturated carbocycles. The molecule has 0 spiro atoms. The van der Waals surface area contributed by atoms with Gasteiger partial charge in [0.05, 0.1) is 18.1 Å². The minimum Gasteiger partial charge on any atom is -0.379 e. The number of hydrogen-bond donors (Lipinski definition) is 2. The summed E-state index contributed by atoms with van der Waals surface area (Å²) in [5, 5.41) is 4.76. The Kier molecular flexibility index (Phi) is 5.72. The smallest absolute Gasteiger partial charge is 0.253 e. The van der Waals surface area contributed by atoms with Gasteiger partial charge in [0.1, 0.15) is 0 Å². The van der Waals surface area contributed by atoms with Gasteiger partial charge in [0.15, 0.2) is 0 Å². The van der Waals surface area contributed by atoms with E-state index in [2.05, 4.69) is 17.1 Å². The van der Waals surface area contributed by atoms with Gasteiger partial charge >= 0.3 is 0 Å². The first-order valence-corrected chi connectivity index (χ1v) is 8.66. The van der Waals surface area contributed by atoms with Crippen LogP contribution in [0.15, 0.2) is 23.1 Å². The van der Waals surface area contributed by atoms with Gasteiger partial charge in [-0.1, -0.05) is 13.0 Å². The summed E-state index contributed by atoms with van der Waals surface area (Å²) in [5.74, 6) is 0. The second kappa shape index (κ2) is 7.33. The van der Waals surface area contributed by atoms with E-state index in [-0.39, 0.29) is 0 Å². The van der Waals surface area contributed by atoms with Crippen molar-refractivity contribution in [3.05, 3.63) is 29.3 Å². The topological polar surface area (TPSA) is 70.7 Å². The van der Waals surface area contributed by atoms with Gasteiger partial charge in [0, 0.05) is 19.6 Å². The standard InChI is InChI=1S/C14H23N3O3S/c1-3-12-4-5-14(10-13(12)11-15-2)21(18,19)16-17-6-8-20-9-7-17/h4-5,10,15-16H,3,6-9,11H2,1-2H3. The summed E-state index contributed by atoms with van der Waals surface area (Å²) in [5.41, 5.74) is 2.18. The second-order valence-electron chi connectivity index (χ2n) is 5.01. The highest BCUT2D eigenvalue weighted by Crippen LogP contribution is 2.17. The van der Waals surface area contributed by atoms with E-state index in [4.69, 9.17) is 4.74 Å². The number of ether oxygens (including phenoxy) is 1. The Labute approximate surface area is 126 Å². The SMILES string of the molecule is CCc1ccc(S(=O)(=O)NN2CCOCC2)cc1CNC. The number of nitrogens with one attached hydrogen (secondary N) is 2. The largest absolute Gasteiger partial charge is 0.379 e. The Morgan fingerprint density at radius 3 is 2.57 bits per heavy atom. The highest BCUT2D eigenvalue weighted by Gasteiger charge is 2.20. The molecule has 0 bridgehead atoms. The van der Waals surface area contributed by atoms with Crippen LogP contribution < -0.4 is 10.1 Å². The molecule has 1 aliphatic rings. The van der Waals surface area contributed by atoms with Crippen LogP contribution in [-0.2, 0) is 27.7 Å². The molecule has 0 atom stereocenters. The summed E-state index contributed by atoms with van der Waals surface area (Å²) >= 11 is 0. The summed E-state index contributed by atoms with van der Waals surface area (Å²) in [7, 11) is -1.68. The Hall–Kier alpha value is -0.990. The normalized spacial score (nSPS) is 17.0. The van der Waals surface area contributed by atoms with Gasteiger partial charge in [-0.15, -0.1) is 4.83 Å². The van der Waals surface area contributed by atoms with E-state index >= 15 is 0 Å². The zero-order valence-electron chi connectivity index (χ0n) is 12.6. The van der Waals surface area contributed by atoms with Crippen molar-refractivity contribution < 1.29 is 13.2 Å². The summed E-state index contributed by atoms with van der Waals surface area (Å²) in [4.78, 5) is 2.93. The monoisotopic (exact) mass is 313 g/mol. The van der Waals surface area contributed by atoms with Crippen molar-refractivity contribution in [2.24, 2.45) is 0 Å². The van der Waals surface area contributed by atoms with E-state index in [9.17, 15) is 8.42 Å². The first kappa shape index (κ1) is 16.4. The van der Waals surface area contributed by atoms with E-state index in [1.807, 2.05) is 13.1 Å². The van der Waals surface area contributed by atoms with E-state index in [0.717, 1.165) is 17.5 Å². The molecule has 1 aromatic carbocycles. The van der Waals surface area contributed by atoms with Crippen LogP contribution in [0.5, 0.6) is 0 Å². The zero-order chi connectivity index (χ0) is 15.3. The van der Waals surface area contributed by atoms with Crippen LogP contribution in [0.25, 0.3) is 0 Å². The lowest BCUT2D eigenvalue weighted by Crippen LogP contribution is -2.48. The van der Waals surface area contributed by atoms with Crippen LogP contribution in [0.1, 0.15) is 18.1 Å². The van der Waals surface area contributed by atoms with E-state index in [0.29, 0.717) is 37.7 Å². The first-order valence-electron chi connectivity index (χ1n) is 7.18. The summed E-state index contributed by atoms with van der Waals surface area (Å²) in [6.07, 6.45) is 0.883. The number of hydrogen-bond acceptors (Lipinski definition) is 5. The lowest BCUT2D eigenvalue weighted by atomic mass is 10.1. The van der Waals surface area contributed by atoms with Crippen LogP contribution in [0.3, 0.4) is 0 Å². The van der Waals surface area contributed by atoms with Crippen molar-refractivity contribution in [2.45, 2.75) is 24.8 Å². The molecule has 0 aliphatic carbocycles. The van der Waals surface area contributed by atoms with Crippen LogP contribution >= 0.6 is 0 Å². The van der Waals surface area contributed by atoms with Crippen LogP contribution in [0, 0.1) is 0 Å². The van der Waals surface area contributed by atoms with Gasteiger partial charge in [0.25, 0.3) is 10.0 Å². The number of aryl methyl sites for hydroxylation is 1. The fourth-order valence-electron chi connectivity index (χ4n) is 2.35. The van der Waals surface area contributed by atoms with Gasteiger partial charge in [-0.25, -0.2) is 13.4 Å². The number of nitrogens with zero attached hydrogens (tertiary/aromatic N) is 1. The molecule has 1 heterocycles. The molecule has 21 heavy (non-hydrogen) atoms. The van der Waals surface area contributed by atoms with E-state index in [1.54, 1.807) is 17.1 Å². The molecule has 0 radical (unpaired) electrons. The van der Waals surface area contributed by atoms with Crippen molar-refractivity contribution in [1.29, 1.82) is 0 Å². The first-order chi connectivity index (χ1) is 10.1. The maximum absolute atomic E-state index is 12.4.